The SMILES string of the molecule is COc1ccccc1CCNC(=O)c1cc(S)ccc1Cl. The van der Waals surface area contributed by atoms with E-state index >= 15 is 0 Å². The summed E-state index contributed by atoms with van der Waals surface area (Å²) in [6.45, 7) is 0.506. The number of rotatable bonds is 5. The van der Waals surface area contributed by atoms with Crippen molar-refractivity contribution in [3.63, 3.8) is 0 Å². The number of carbonyl (C=O) groups excluding carboxylic acids is 1. The van der Waals surface area contributed by atoms with Gasteiger partial charge in [0.05, 0.1) is 17.7 Å². The molecule has 0 spiro atoms. The summed E-state index contributed by atoms with van der Waals surface area (Å²) in [4.78, 5) is 12.8. The lowest BCUT2D eigenvalue weighted by molar-refractivity contribution is 0.0954. The van der Waals surface area contributed by atoms with Gasteiger partial charge in [-0.2, -0.15) is 0 Å². The Morgan fingerprint density at radius 1 is 1.29 bits per heavy atom. The minimum absolute atomic E-state index is 0.203. The molecule has 0 bridgehead atoms. The van der Waals surface area contributed by atoms with Crippen LogP contribution in [0.25, 0.3) is 0 Å². The first-order chi connectivity index (χ1) is 10.1. The summed E-state index contributed by atoms with van der Waals surface area (Å²) >= 11 is 10.2. The molecule has 5 heteroatoms. The van der Waals surface area contributed by atoms with Crippen molar-refractivity contribution in [1.82, 2.24) is 5.32 Å². The smallest absolute Gasteiger partial charge is 0.252 e. The predicted octanol–water partition coefficient (Wildman–Crippen LogP) is 3.61. The van der Waals surface area contributed by atoms with Gasteiger partial charge in [0.25, 0.3) is 5.91 Å². The number of methoxy groups -OCH3 is 1. The molecule has 2 rings (SSSR count). The number of ether oxygens (including phenoxy) is 1. The van der Waals surface area contributed by atoms with Crippen molar-refractivity contribution in [3.05, 3.63) is 58.6 Å². The van der Waals surface area contributed by atoms with Crippen molar-refractivity contribution < 1.29 is 9.53 Å². The van der Waals surface area contributed by atoms with Gasteiger partial charge in [-0.3, -0.25) is 4.79 Å². The molecule has 0 aliphatic rings. The van der Waals surface area contributed by atoms with Crippen molar-refractivity contribution in [2.45, 2.75) is 11.3 Å². The van der Waals surface area contributed by atoms with Gasteiger partial charge in [0.15, 0.2) is 0 Å². The molecule has 0 atom stereocenters. The Labute approximate surface area is 134 Å². The highest BCUT2D eigenvalue weighted by Gasteiger charge is 2.10. The average molecular weight is 322 g/mol. The molecule has 0 unspecified atom stereocenters. The first-order valence-electron chi connectivity index (χ1n) is 6.50. The number of para-hydroxylation sites is 1. The Balaban J connectivity index is 1.97. The Morgan fingerprint density at radius 2 is 2.05 bits per heavy atom. The summed E-state index contributed by atoms with van der Waals surface area (Å²) in [6, 6.07) is 12.8. The quantitative estimate of drug-likeness (QED) is 0.826. The summed E-state index contributed by atoms with van der Waals surface area (Å²) in [7, 11) is 1.63. The van der Waals surface area contributed by atoms with E-state index in [-0.39, 0.29) is 5.91 Å². The molecule has 2 aromatic rings. The number of nitrogens with one attached hydrogen (secondary N) is 1. The third kappa shape index (κ3) is 4.16. The number of amides is 1. The van der Waals surface area contributed by atoms with Crippen molar-refractivity contribution in [2.24, 2.45) is 0 Å². The van der Waals surface area contributed by atoms with Crippen LogP contribution in [0.2, 0.25) is 5.02 Å². The Bertz CT molecular complexity index is 646. The van der Waals surface area contributed by atoms with E-state index in [1.54, 1.807) is 25.3 Å². The summed E-state index contributed by atoms with van der Waals surface area (Å²) in [6.07, 6.45) is 0.688. The van der Waals surface area contributed by atoms with Gasteiger partial charge in [-0.05, 0) is 36.2 Å². The first-order valence-corrected chi connectivity index (χ1v) is 7.33. The standard InChI is InChI=1S/C16H16ClNO2S/c1-20-15-5-3-2-4-11(15)8-9-18-16(19)13-10-12(21)6-7-14(13)17/h2-7,10,21H,8-9H2,1H3,(H,18,19). The van der Waals surface area contributed by atoms with Crippen molar-refractivity contribution in [3.8, 4) is 5.75 Å². The minimum Gasteiger partial charge on any atom is -0.496 e. The zero-order valence-corrected chi connectivity index (χ0v) is 13.2. The van der Waals surface area contributed by atoms with Gasteiger partial charge < -0.3 is 10.1 Å². The maximum absolute atomic E-state index is 12.1. The second kappa shape index (κ2) is 7.38. The maximum Gasteiger partial charge on any atom is 0.252 e. The lowest BCUT2D eigenvalue weighted by Crippen LogP contribution is -2.26. The lowest BCUT2D eigenvalue weighted by Gasteiger charge is -2.10. The van der Waals surface area contributed by atoms with E-state index in [0.717, 1.165) is 11.3 Å². The van der Waals surface area contributed by atoms with Gasteiger partial charge in [-0.1, -0.05) is 29.8 Å². The van der Waals surface area contributed by atoms with Crippen molar-refractivity contribution in [1.29, 1.82) is 0 Å². The van der Waals surface area contributed by atoms with Crippen LogP contribution >= 0.6 is 24.2 Å². The fourth-order valence-electron chi connectivity index (χ4n) is 2.00. The highest BCUT2D eigenvalue weighted by molar-refractivity contribution is 7.80. The van der Waals surface area contributed by atoms with Crippen LogP contribution in [0.15, 0.2) is 47.4 Å². The zero-order chi connectivity index (χ0) is 15.2. The fourth-order valence-corrected chi connectivity index (χ4v) is 2.41. The highest BCUT2D eigenvalue weighted by Crippen LogP contribution is 2.20. The minimum atomic E-state index is -0.203. The molecular formula is C16H16ClNO2S. The molecule has 0 aromatic heterocycles. The van der Waals surface area contributed by atoms with E-state index < -0.39 is 0 Å². The molecule has 21 heavy (non-hydrogen) atoms. The second-order valence-electron chi connectivity index (χ2n) is 4.48. The van der Waals surface area contributed by atoms with E-state index in [1.807, 2.05) is 24.3 Å². The van der Waals surface area contributed by atoms with Crippen LogP contribution < -0.4 is 10.1 Å². The van der Waals surface area contributed by atoms with E-state index in [2.05, 4.69) is 17.9 Å². The van der Waals surface area contributed by atoms with Crippen LogP contribution in [-0.4, -0.2) is 19.6 Å². The molecule has 3 nitrogen and oxygen atoms in total. The molecule has 1 N–H and O–H groups in total. The van der Waals surface area contributed by atoms with Gasteiger partial charge >= 0.3 is 0 Å². The van der Waals surface area contributed by atoms with E-state index in [1.165, 1.54) is 0 Å². The van der Waals surface area contributed by atoms with E-state index in [9.17, 15) is 4.79 Å². The zero-order valence-electron chi connectivity index (χ0n) is 11.6. The normalized spacial score (nSPS) is 10.2. The number of carbonyl (C=O) groups is 1. The molecule has 0 fully saturated rings. The Hall–Kier alpha value is -1.65. The summed E-state index contributed by atoms with van der Waals surface area (Å²) < 4.78 is 5.28. The summed E-state index contributed by atoms with van der Waals surface area (Å²) in [5, 5.41) is 3.27. The summed E-state index contributed by atoms with van der Waals surface area (Å²) in [5.41, 5.74) is 1.48. The molecule has 2 aromatic carbocycles. The van der Waals surface area contributed by atoms with Crippen molar-refractivity contribution in [2.75, 3.05) is 13.7 Å². The summed E-state index contributed by atoms with van der Waals surface area (Å²) in [5.74, 6) is 0.618. The predicted molar refractivity (Wildman–Crippen MR) is 87.7 cm³/mol. The van der Waals surface area contributed by atoms with Crippen LogP contribution in [0.4, 0.5) is 0 Å². The molecule has 0 heterocycles. The van der Waals surface area contributed by atoms with E-state index in [0.29, 0.717) is 28.4 Å². The molecule has 110 valence electrons. The van der Waals surface area contributed by atoms with Gasteiger partial charge in [-0.15, -0.1) is 12.6 Å². The van der Waals surface area contributed by atoms with Crippen LogP contribution in [0.1, 0.15) is 15.9 Å². The number of hydrogen-bond donors (Lipinski definition) is 2. The molecule has 0 saturated carbocycles. The second-order valence-corrected chi connectivity index (χ2v) is 5.41. The average Bonchev–Trinajstić information content (AvgIpc) is 2.50. The topological polar surface area (TPSA) is 38.3 Å². The molecule has 0 aliphatic heterocycles. The number of halogens is 1. The molecule has 0 aliphatic carbocycles. The first kappa shape index (κ1) is 15.7. The third-order valence-electron chi connectivity index (χ3n) is 3.07. The van der Waals surface area contributed by atoms with Gasteiger partial charge in [-0.25, -0.2) is 0 Å². The molecule has 0 radical (unpaired) electrons. The third-order valence-corrected chi connectivity index (χ3v) is 3.67. The van der Waals surface area contributed by atoms with E-state index in [4.69, 9.17) is 16.3 Å². The van der Waals surface area contributed by atoms with Gasteiger partial charge in [0, 0.05) is 11.4 Å². The number of hydrogen-bond acceptors (Lipinski definition) is 3. The number of thiol groups is 1. The van der Waals surface area contributed by atoms with Crippen LogP contribution in [0.3, 0.4) is 0 Å². The van der Waals surface area contributed by atoms with Gasteiger partial charge in [0.2, 0.25) is 0 Å². The maximum atomic E-state index is 12.1. The van der Waals surface area contributed by atoms with Gasteiger partial charge in [0.1, 0.15) is 5.75 Å². The van der Waals surface area contributed by atoms with Crippen LogP contribution in [-0.2, 0) is 6.42 Å². The Morgan fingerprint density at radius 3 is 2.81 bits per heavy atom. The lowest BCUT2D eigenvalue weighted by atomic mass is 10.1. The Kier molecular flexibility index (Phi) is 5.53. The van der Waals surface area contributed by atoms with Crippen LogP contribution in [0, 0.1) is 0 Å². The molecular weight excluding hydrogens is 306 g/mol. The van der Waals surface area contributed by atoms with Crippen molar-refractivity contribution >= 4 is 30.1 Å². The largest absolute Gasteiger partial charge is 0.496 e. The van der Waals surface area contributed by atoms with Crippen LogP contribution in [0.5, 0.6) is 5.75 Å². The number of benzene rings is 2. The molecule has 0 saturated heterocycles. The highest BCUT2D eigenvalue weighted by atomic mass is 35.5. The fraction of sp³-hybridized carbons (Fsp3) is 0.188. The molecule has 1 amide bonds. The monoisotopic (exact) mass is 321 g/mol.